The zero-order valence-corrected chi connectivity index (χ0v) is 13.0. The van der Waals surface area contributed by atoms with E-state index in [1.807, 2.05) is 25.3 Å². The fourth-order valence-corrected chi connectivity index (χ4v) is 3.08. The highest BCUT2D eigenvalue weighted by Gasteiger charge is 2.10. The van der Waals surface area contributed by atoms with E-state index < -0.39 is 10.0 Å². The number of nitrogens with two attached hydrogens (primary N) is 1. The van der Waals surface area contributed by atoms with E-state index in [-0.39, 0.29) is 10.9 Å². The topological polar surface area (TPSA) is 85.1 Å². The Labute approximate surface area is 122 Å². The molecule has 2 rings (SSSR count). The number of nitrogens with zero attached hydrogens (tertiary/aromatic N) is 1. The smallest absolute Gasteiger partial charge is 0.238 e. The lowest BCUT2D eigenvalue weighted by atomic mass is 10.2. The standard InChI is InChI=1S/C13H17N3O2S2/c1-9(13-8-19-10(2)16-13)15-7-11-4-3-5-12(6-11)20(14,17)18/h3-6,8-9,15H,7H2,1-2H3,(H2,14,17,18). The van der Waals surface area contributed by atoms with Crippen LogP contribution in [0.25, 0.3) is 0 Å². The third-order valence-electron chi connectivity index (χ3n) is 2.92. The van der Waals surface area contributed by atoms with Crippen molar-refractivity contribution in [3.05, 3.63) is 45.9 Å². The first-order valence-corrected chi connectivity index (χ1v) is 8.56. The van der Waals surface area contributed by atoms with Crippen LogP contribution in [0.1, 0.15) is 29.2 Å². The molecule has 0 aliphatic heterocycles. The third-order valence-corrected chi connectivity index (χ3v) is 4.62. The summed E-state index contributed by atoms with van der Waals surface area (Å²) in [6, 6.07) is 6.74. The molecule has 0 radical (unpaired) electrons. The van der Waals surface area contributed by atoms with Gasteiger partial charge in [0.1, 0.15) is 0 Å². The number of hydrogen-bond donors (Lipinski definition) is 2. The highest BCUT2D eigenvalue weighted by atomic mass is 32.2. The zero-order valence-electron chi connectivity index (χ0n) is 11.3. The Kier molecular flexibility index (Phi) is 4.54. The van der Waals surface area contributed by atoms with Gasteiger partial charge in [0, 0.05) is 18.0 Å². The lowest BCUT2D eigenvalue weighted by Gasteiger charge is -2.12. The fraction of sp³-hybridized carbons (Fsp3) is 0.308. The average molecular weight is 311 g/mol. The number of aryl methyl sites for hydroxylation is 1. The van der Waals surface area contributed by atoms with E-state index in [1.165, 1.54) is 6.07 Å². The molecule has 1 unspecified atom stereocenters. The molecule has 1 aromatic carbocycles. The second kappa shape index (κ2) is 6.01. The summed E-state index contributed by atoms with van der Waals surface area (Å²) in [5, 5.41) is 11.5. The van der Waals surface area contributed by atoms with Gasteiger partial charge in [0.15, 0.2) is 0 Å². The summed E-state index contributed by atoms with van der Waals surface area (Å²) in [7, 11) is -3.65. The third kappa shape index (κ3) is 3.86. The molecule has 0 saturated heterocycles. The highest BCUT2D eigenvalue weighted by Crippen LogP contribution is 2.17. The minimum Gasteiger partial charge on any atom is -0.305 e. The monoisotopic (exact) mass is 311 g/mol. The average Bonchev–Trinajstić information content (AvgIpc) is 2.82. The largest absolute Gasteiger partial charge is 0.305 e. The van der Waals surface area contributed by atoms with Crippen LogP contribution < -0.4 is 10.5 Å². The summed E-state index contributed by atoms with van der Waals surface area (Å²) in [4.78, 5) is 4.55. The number of nitrogens with one attached hydrogen (secondary N) is 1. The van der Waals surface area contributed by atoms with E-state index in [0.717, 1.165) is 16.3 Å². The van der Waals surface area contributed by atoms with Gasteiger partial charge in [-0.05, 0) is 31.5 Å². The van der Waals surface area contributed by atoms with Crippen molar-refractivity contribution < 1.29 is 8.42 Å². The van der Waals surface area contributed by atoms with Gasteiger partial charge in [-0.3, -0.25) is 0 Å². The van der Waals surface area contributed by atoms with Gasteiger partial charge in [-0.2, -0.15) is 0 Å². The number of primary sulfonamides is 1. The maximum absolute atomic E-state index is 11.3. The van der Waals surface area contributed by atoms with Gasteiger partial charge in [0.25, 0.3) is 0 Å². The molecular weight excluding hydrogens is 294 g/mol. The van der Waals surface area contributed by atoms with Crippen LogP contribution in [0.2, 0.25) is 0 Å². The number of thiazole rings is 1. The van der Waals surface area contributed by atoms with Crippen LogP contribution in [-0.4, -0.2) is 13.4 Å². The van der Waals surface area contributed by atoms with Crippen LogP contribution in [0.5, 0.6) is 0 Å². The van der Waals surface area contributed by atoms with Gasteiger partial charge < -0.3 is 5.32 Å². The Bertz CT molecular complexity index is 695. The Morgan fingerprint density at radius 2 is 2.20 bits per heavy atom. The van der Waals surface area contributed by atoms with Crippen LogP contribution in [-0.2, 0) is 16.6 Å². The highest BCUT2D eigenvalue weighted by molar-refractivity contribution is 7.89. The van der Waals surface area contributed by atoms with Crippen molar-refractivity contribution in [2.45, 2.75) is 31.3 Å². The maximum atomic E-state index is 11.3. The summed E-state index contributed by atoms with van der Waals surface area (Å²) in [5.41, 5.74) is 1.87. The molecule has 3 N–H and O–H groups in total. The molecule has 0 saturated carbocycles. The second-order valence-corrected chi connectivity index (χ2v) is 7.21. The predicted molar refractivity (Wildman–Crippen MR) is 79.9 cm³/mol. The molecule has 1 atom stereocenters. The first kappa shape index (κ1) is 15.1. The number of hydrogen-bond acceptors (Lipinski definition) is 5. The van der Waals surface area contributed by atoms with E-state index in [4.69, 9.17) is 5.14 Å². The zero-order chi connectivity index (χ0) is 14.8. The number of rotatable bonds is 5. The second-order valence-electron chi connectivity index (χ2n) is 4.59. The molecule has 0 bridgehead atoms. The quantitative estimate of drug-likeness (QED) is 0.884. The summed E-state index contributed by atoms with van der Waals surface area (Å²) < 4.78 is 22.6. The molecule has 0 spiro atoms. The van der Waals surface area contributed by atoms with Gasteiger partial charge >= 0.3 is 0 Å². The Morgan fingerprint density at radius 1 is 1.45 bits per heavy atom. The Morgan fingerprint density at radius 3 is 2.80 bits per heavy atom. The van der Waals surface area contributed by atoms with Crippen molar-refractivity contribution >= 4 is 21.4 Å². The summed E-state index contributed by atoms with van der Waals surface area (Å²) in [6.45, 7) is 4.55. The molecule has 2 aromatic rings. The summed E-state index contributed by atoms with van der Waals surface area (Å²) >= 11 is 1.61. The summed E-state index contributed by atoms with van der Waals surface area (Å²) in [5.74, 6) is 0. The number of sulfonamides is 1. The van der Waals surface area contributed by atoms with Crippen LogP contribution in [0.15, 0.2) is 34.5 Å². The van der Waals surface area contributed by atoms with Crippen LogP contribution >= 0.6 is 11.3 Å². The van der Waals surface area contributed by atoms with E-state index in [1.54, 1.807) is 23.5 Å². The van der Waals surface area contributed by atoms with Crippen molar-refractivity contribution in [3.8, 4) is 0 Å². The number of benzene rings is 1. The van der Waals surface area contributed by atoms with Crippen LogP contribution in [0.4, 0.5) is 0 Å². The maximum Gasteiger partial charge on any atom is 0.238 e. The summed E-state index contributed by atoms with van der Waals surface area (Å²) in [6.07, 6.45) is 0. The molecule has 0 aliphatic carbocycles. The van der Waals surface area contributed by atoms with Crippen molar-refractivity contribution in [2.75, 3.05) is 0 Å². The molecule has 0 fully saturated rings. The molecular formula is C13H17N3O2S2. The molecule has 108 valence electrons. The number of aromatic nitrogens is 1. The lowest BCUT2D eigenvalue weighted by Crippen LogP contribution is -2.19. The molecule has 0 aliphatic rings. The van der Waals surface area contributed by atoms with E-state index >= 15 is 0 Å². The van der Waals surface area contributed by atoms with Crippen molar-refractivity contribution in [2.24, 2.45) is 5.14 Å². The van der Waals surface area contributed by atoms with Crippen molar-refractivity contribution in [3.63, 3.8) is 0 Å². The Balaban J connectivity index is 2.04. The molecule has 0 amide bonds. The molecule has 1 aromatic heterocycles. The van der Waals surface area contributed by atoms with Crippen molar-refractivity contribution in [1.82, 2.24) is 10.3 Å². The van der Waals surface area contributed by atoms with Gasteiger partial charge in [-0.25, -0.2) is 18.5 Å². The van der Waals surface area contributed by atoms with Crippen LogP contribution in [0, 0.1) is 6.92 Å². The minimum absolute atomic E-state index is 0.109. The Hall–Kier alpha value is -1.28. The van der Waals surface area contributed by atoms with Gasteiger partial charge in [0.2, 0.25) is 10.0 Å². The first-order chi connectivity index (χ1) is 9.36. The SMILES string of the molecule is Cc1nc(C(C)NCc2cccc(S(N)(=O)=O)c2)cs1. The van der Waals surface area contributed by atoms with Gasteiger partial charge in [-0.1, -0.05) is 12.1 Å². The normalized spacial score (nSPS) is 13.3. The van der Waals surface area contributed by atoms with E-state index in [2.05, 4.69) is 10.3 Å². The molecule has 7 heteroatoms. The lowest BCUT2D eigenvalue weighted by molar-refractivity contribution is 0.562. The van der Waals surface area contributed by atoms with E-state index in [0.29, 0.717) is 6.54 Å². The molecule has 20 heavy (non-hydrogen) atoms. The predicted octanol–water partition coefficient (Wildman–Crippen LogP) is 1.95. The fourth-order valence-electron chi connectivity index (χ4n) is 1.79. The first-order valence-electron chi connectivity index (χ1n) is 6.13. The molecule has 5 nitrogen and oxygen atoms in total. The van der Waals surface area contributed by atoms with Crippen molar-refractivity contribution in [1.29, 1.82) is 0 Å². The minimum atomic E-state index is -3.65. The van der Waals surface area contributed by atoms with Gasteiger partial charge in [-0.15, -0.1) is 11.3 Å². The van der Waals surface area contributed by atoms with Crippen LogP contribution in [0.3, 0.4) is 0 Å². The molecule has 1 heterocycles. The van der Waals surface area contributed by atoms with E-state index in [9.17, 15) is 8.42 Å². The van der Waals surface area contributed by atoms with Gasteiger partial charge in [0.05, 0.1) is 15.6 Å².